The average molecular weight is 440 g/mol. The number of hydrogen-bond acceptors (Lipinski definition) is 4. The van der Waals surface area contributed by atoms with Crippen LogP contribution in [0.25, 0.3) is 10.9 Å². The molecular weight excluding hydrogens is 414 g/mol. The van der Waals surface area contributed by atoms with Crippen LogP contribution in [-0.2, 0) is 27.6 Å². The van der Waals surface area contributed by atoms with Crippen molar-refractivity contribution in [3.8, 4) is 0 Å². The number of nitrogens with one attached hydrogen (secondary N) is 2. The second-order valence-electron chi connectivity index (χ2n) is 7.93. The molecule has 3 aromatic rings. The SMILES string of the molecule is CS(=O)(=O)CC[C@@H](C(=O)NCCc1c[nH]c2ccccc12)N1Cc2ccccc2C1=O. The number of H-pyrrole nitrogens is 1. The molecule has 0 radical (unpaired) electrons. The van der Waals surface area contributed by atoms with E-state index >= 15 is 0 Å². The monoisotopic (exact) mass is 439 g/mol. The van der Waals surface area contributed by atoms with Crippen LogP contribution in [0.15, 0.2) is 54.7 Å². The number of benzene rings is 2. The molecule has 0 unspecified atom stereocenters. The van der Waals surface area contributed by atoms with Gasteiger partial charge in [-0.15, -0.1) is 0 Å². The summed E-state index contributed by atoms with van der Waals surface area (Å²) in [5.41, 5.74) is 3.55. The van der Waals surface area contributed by atoms with Crippen LogP contribution < -0.4 is 5.32 Å². The third-order valence-electron chi connectivity index (χ3n) is 5.66. The van der Waals surface area contributed by atoms with Gasteiger partial charge in [0.05, 0.1) is 5.75 Å². The number of aromatic amines is 1. The second-order valence-corrected chi connectivity index (χ2v) is 10.2. The number of para-hydroxylation sites is 1. The van der Waals surface area contributed by atoms with Gasteiger partial charge in [0, 0.05) is 42.0 Å². The van der Waals surface area contributed by atoms with E-state index < -0.39 is 15.9 Å². The highest BCUT2D eigenvalue weighted by Crippen LogP contribution is 2.26. The molecule has 0 saturated carbocycles. The lowest BCUT2D eigenvalue weighted by Crippen LogP contribution is -2.48. The molecular formula is C23H25N3O4S. The highest BCUT2D eigenvalue weighted by atomic mass is 32.2. The van der Waals surface area contributed by atoms with E-state index in [0.717, 1.165) is 28.3 Å². The van der Waals surface area contributed by atoms with Crippen LogP contribution in [0.1, 0.15) is 27.9 Å². The van der Waals surface area contributed by atoms with Crippen LogP contribution in [0.2, 0.25) is 0 Å². The molecule has 7 nitrogen and oxygen atoms in total. The molecule has 1 aliphatic heterocycles. The van der Waals surface area contributed by atoms with Crippen LogP contribution in [-0.4, -0.2) is 54.7 Å². The average Bonchev–Trinajstić information content (AvgIpc) is 3.29. The predicted octanol–water partition coefficient (Wildman–Crippen LogP) is 2.29. The Kier molecular flexibility index (Phi) is 5.82. The Labute approximate surface area is 181 Å². The molecule has 2 aromatic carbocycles. The fraction of sp³-hybridized carbons (Fsp3) is 0.304. The van der Waals surface area contributed by atoms with Gasteiger partial charge in [-0.05, 0) is 36.1 Å². The number of aromatic nitrogens is 1. The first-order chi connectivity index (χ1) is 14.8. The molecule has 0 saturated heterocycles. The summed E-state index contributed by atoms with van der Waals surface area (Å²) >= 11 is 0. The molecule has 0 bridgehead atoms. The Balaban J connectivity index is 1.46. The maximum Gasteiger partial charge on any atom is 0.255 e. The zero-order chi connectivity index (χ0) is 22.0. The van der Waals surface area contributed by atoms with Crippen molar-refractivity contribution in [1.29, 1.82) is 0 Å². The van der Waals surface area contributed by atoms with E-state index in [9.17, 15) is 18.0 Å². The molecule has 1 aliphatic rings. The lowest BCUT2D eigenvalue weighted by atomic mass is 10.1. The number of amides is 2. The van der Waals surface area contributed by atoms with Crippen LogP contribution in [0, 0.1) is 0 Å². The van der Waals surface area contributed by atoms with Gasteiger partial charge >= 0.3 is 0 Å². The van der Waals surface area contributed by atoms with Crippen LogP contribution in [0.3, 0.4) is 0 Å². The van der Waals surface area contributed by atoms with Crippen LogP contribution in [0.4, 0.5) is 0 Å². The van der Waals surface area contributed by atoms with E-state index in [2.05, 4.69) is 10.3 Å². The minimum absolute atomic E-state index is 0.0669. The third-order valence-corrected chi connectivity index (χ3v) is 6.64. The van der Waals surface area contributed by atoms with Gasteiger partial charge in [-0.3, -0.25) is 9.59 Å². The fourth-order valence-corrected chi connectivity index (χ4v) is 4.71. The smallest absolute Gasteiger partial charge is 0.255 e. The molecule has 1 aromatic heterocycles. The van der Waals surface area contributed by atoms with Crippen molar-refractivity contribution in [3.05, 3.63) is 71.4 Å². The van der Waals surface area contributed by atoms with Gasteiger partial charge in [0.2, 0.25) is 5.91 Å². The van der Waals surface area contributed by atoms with Gasteiger partial charge < -0.3 is 15.2 Å². The molecule has 2 heterocycles. The number of carbonyl (C=O) groups excluding carboxylic acids is 2. The lowest BCUT2D eigenvalue weighted by Gasteiger charge is -2.26. The highest BCUT2D eigenvalue weighted by Gasteiger charge is 2.36. The molecule has 0 aliphatic carbocycles. The molecule has 162 valence electrons. The summed E-state index contributed by atoms with van der Waals surface area (Å²) in [6.07, 6.45) is 3.76. The quantitative estimate of drug-likeness (QED) is 0.562. The van der Waals surface area contributed by atoms with Crippen LogP contribution in [0.5, 0.6) is 0 Å². The summed E-state index contributed by atoms with van der Waals surface area (Å²) in [6.45, 7) is 0.699. The van der Waals surface area contributed by atoms with Crippen molar-refractivity contribution in [2.24, 2.45) is 0 Å². The standard InChI is InChI=1S/C23H25N3O4S/c1-31(29,30)13-11-21(26-15-17-6-2-3-8-19(17)23(26)28)22(27)24-12-10-16-14-25-20-9-5-4-7-18(16)20/h2-9,14,21,25H,10-13,15H2,1H3,(H,24,27)/t21-/m0/s1. The van der Waals surface area contributed by atoms with E-state index in [0.29, 0.717) is 25.1 Å². The lowest BCUT2D eigenvalue weighted by molar-refractivity contribution is -0.125. The van der Waals surface area contributed by atoms with Gasteiger partial charge in [-0.25, -0.2) is 8.42 Å². The number of fused-ring (bicyclic) bond motifs is 2. The highest BCUT2D eigenvalue weighted by molar-refractivity contribution is 7.90. The number of sulfone groups is 1. The molecule has 31 heavy (non-hydrogen) atoms. The molecule has 2 amide bonds. The summed E-state index contributed by atoms with van der Waals surface area (Å²) in [5.74, 6) is -0.723. The summed E-state index contributed by atoms with van der Waals surface area (Å²) in [6, 6.07) is 14.3. The predicted molar refractivity (Wildman–Crippen MR) is 119 cm³/mol. The molecule has 1 atom stereocenters. The number of nitrogens with zero attached hydrogens (tertiary/aromatic N) is 1. The Hall–Kier alpha value is -3.13. The van der Waals surface area contributed by atoms with Crippen molar-refractivity contribution < 1.29 is 18.0 Å². The van der Waals surface area contributed by atoms with Crippen molar-refractivity contribution >= 4 is 32.6 Å². The third kappa shape index (κ3) is 4.64. The Morgan fingerprint density at radius 1 is 1.16 bits per heavy atom. The van der Waals surface area contributed by atoms with E-state index in [-0.39, 0.29) is 24.0 Å². The van der Waals surface area contributed by atoms with Crippen molar-refractivity contribution in [2.75, 3.05) is 18.6 Å². The molecule has 8 heteroatoms. The topological polar surface area (TPSA) is 99.3 Å². The first-order valence-electron chi connectivity index (χ1n) is 10.2. The van der Waals surface area contributed by atoms with Gasteiger partial charge in [-0.1, -0.05) is 36.4 Å². The molecule has 0 fully saturated rings. The first kappa shape index (κ1) is 21.1. The molecule has 0 spiro atoms. The van der Waals surface area contributed by atoms with E-state index in [1.54, 1.807) is 12.1 Å². The van der Waals surface area contributed by atoms with Crippen molar-refractivity contribution in [3.63, 3.8) is 0 Å². The number of rotatable bonds is 8. The van der Waals surface area contributed by atoms with Gasteiger partial charge in [0.1, 0.15) is 15.9 Å². The van der Waals surface area contributed by atoms with Gasteiger partial charge in [0.15, 0.2) is 0 Å². The van der Waals surface area contributed by atoms with E-state index in [1.807, 2.05) is 42.6 Å². The minimum atomic E-state index is -3.27. The summed E-state index contributed by atoms with van der Waals surface area (Å²) < 4.78 is 23.5. The Bertz CT molecular complexity index is 1230. The van der Waals surface area contributed by atoms with Crippen molar-refractivity contribution in [2.45, 2.75) is 25.4 Å². The van der Waals surface area contributed by atoms with E-state index in [1.165, 1.54) is 4.90 Å². The Morgan fingerprint density at radius 2 is 1.90 bits per heavy atom. The van der Waals surface area contributed by atoms with Gasteiger partial charge in [-0.2, -0.15) is 0 Å². The number of hydrogen-bond donors (Lipinski definition) is 2. The van der Waals surface area contributed by atoms with Crippen LogP contribution >= 0.6 is 0 Å². The van der Waals surface area contributed by atoms with E-state index in [4.69, 9.17) is 0 Å². The fourth-order valence-electron chi connectivity index (χ4n) is 4.06. The Morgan fingerprint density at radius 3 is 2.68 bits per heavy atom. The first-order valence-corrected chi connectivity index (χ1v) is 12.3. The summed E-state index contributed by atoms with van der Waals surface area (Å²) in [5, 5.41) is 4.01. The maximum absolute atomic E-state index is 13.0. The second kappa shape index (κ2) is 8.55. The van der Waals surface area contributed by atoms with Gasteiger partial charge in [0.25, 0.3) is 5.91 Å². The summed E-state index contributed by atoms with van der Waals surface area (Å²) in [4.78, 5) is 30.6. The minimum Gasteiger partial charge on any atom is -0.361 e. The zero-order valence-electron chi connectivity index (χ0n) is 17.3. The van der Waals surface area contributed by atoms with Crippen molar-refractivity contribution in [1.82, 2.24) is 15.2 Å². The zero-order valence-corrected chi connectivity index (χ0v) is 18.1. The maximum atomic E-state index is 13.0. The largest absolute Gasteiger partial charge is 0.361 e. The normalized spacial score (nSPS) is 14.6. The number of carbonyl (C=O) groups is 2. The summed E-state index contributed by atoms with van der Waals surface area (Å²) in [7, 11) is -3.27. The molecule has 4 rings (SSSR count). The molecule has 2 N–H and O–H groups in total.